The second-order valence-electron chi connectivity index (χ2n) is 4.54. The zero-order valence-corrected chi connectivity index (χ0v) is 11.4. The lowest BCUT2D eigenvalue weighted by Crippen LogP contribution is -2.24. The second kappa shape index (κ2) is 5.94. The number of thioether (sulfide) groups is 1. The van der Waals surface area contributed by atoms with E-state index in [0.29, 0.717) is 11.3 Å². The minimum atomic E-state index is -4.30. The molecule has 0 aliphatic carbocycles. The van der Waals surface area contributed by atoms with Crippen LogP contribution in [0.2, 0.25) is 0 Å². The molecule has 0 bridgehead atoms. The fourth-order valence-electron chi connectivity index (χ4n) is 1.95. The van der Waals surface area contributed by atoms with Gasteiger partial charge >= 0.3 is 6.18 Å². The van der Waals surface area contributed by atoms with Gasteiger partial charge in [-0.3, -0.25) is 0 Å². The third-order valence-electron chi connectivity index (χ3n) is 2.99. The molecule has 2 rings (SSSR count). The van der Waals surface area contributed by atoms with Crippen LogP contribution < -0.4 is 10.1 Å². The molecule has 1 aliphatic heterocycles. The van der Waals surface area contributed by atoms with Gasteiger partial charge in [-0.1, -0.05) is 6.92 Å². The first kappa shape index (κ1) is 14.4. The van der Waals surface area contributed by atoms with Crippen LogP contribution in [0.15, 0.2) is 24.3 Å². The average Bonchev–Trinajstić information content (AvgIpc) is 2.73. The molecule has 1 aromatic rings. The lowest BCUT2D eigenvalue weighted by Gasteiger charge is -2.18. The highest BCUT2D eigenvalue weighted by Gasteiger charge is 2.28. The Kier molecular flexibility index (Phi) is 4.50. The molecule has 106 valence electrons. The fraction of sp³-hybridized carbons (Fsp3) is 0.538. The zero-order valence-electron chi connectivity index (χ0n) is 10.5. The molecular formula is C13H16F3NOS. The Bertz CT molecular complexity index is 407. The van der Waals surface area contributed by atoms with Crippen LogP contribution >= 0.6 is 11.8 Å². The third kappa shape index (κ3) is 4.53. The monoisotopic (exact) mass is 291 g/mol. The fourth-order valence-corrected chi connectivity index (χ4v) is 3.15. The van der Waals surface area contributed by atoms with E-state index in [4.69, 9.17) is 0 Å². The lowest BCUT2D eigenvalue weighted by molar-refractivity contribution is -0.153. The van der Waals surface area contributed by atoms with Gasteiger partial charge in [0.05, 0.1) is 0 Å². The van der Waals surface area contributed by atoms with Crippen molar-refractivity contribution >= 4 is 17.4 Å². The van der Waals surface area contributed by atoms with Crippen LogP contribution in [0.25, 0.3) is 0 Å². The number of ether oxygens (including phenoxy) is 1. The molecule has 2 nitrogen and oxygen atoms in total. The number of halogens is 3. The molecule has 0 spiro atoms. The smallest absolute Gasteiger partial charge is 0.422 e. The van der Waals surface area contributed by atoms with E-state index >= 15 is 0 Å². The molecule has 1 fully saturated rings. The second-order valence-corrected chi connectivity index (χ2v) is 6.03. The van der Waals surface area contributed by atoms with E-state index in [1.165, 1.54) is 0 Å². The molecule has 1 saturated heterocycles. The standard InChI is InChI=1S/C13H16F3NOS/c1-9-12(6-7-19-9)17-10-2-4-11(5-3-10)18-8-13(14,15)16/h2-5,9,12,17H,6-8H2,1H3. The number of alkyl halides is 3. The topological polar surface area (TPSA) is 21.3 Å². The normalized spacial score (nSPS) is 23.4. The van der Waals surface area contributed by atoms with Crippen LogP contribution in [0.3, 0.4) is 0 Å². The van der Waals surface area contributed by atoms with Gasteiger partial charge in [-0.25, -0.2) is 0 Å². The Morgan fingerprint density at radius 1 is 1.32 bits per heavy atom. The van der Waals surface area contributed by atoms with Crippen molar-refractivity contribution in [1.82, 2.24) is 0 Å². The van der Waals surface area contributed by atoms with Crippen LogP contribution in [0.1, 0.15) is 13.3 Å². The summed E-state index contributed by atoms with van der Waals surface area (Å²) in [6, 6.07) is 7.04. The molecule has 0 aromatic heterocycles. The van der Waals surface area contributed by atoms with Gasteiger partial charge in [0.25, 0.3) is 0 Å². The van der Waals surface area contributed by atoms with E-state index in [2.05, 4.69) is 17.0 Å². The molecule has 1 N–H and O–H groups in total. The van der Waals surface area contributed by atoms with Crippen molar-refractivity contribution in [2.24, 2.45) is 0 Å². The summed E-state index contributed by atoms with van der Waals surface area (Å²) in [4.78, 5) is 0. The van der Waals surface area contributed by atoms with E-state index < -0.39 is 12.8 Å². The SMILES string of the molecule is CC1SCCC1Nc1ccc(OCC(F)(F)F)cc1. The predicted octanol–water partition coefficient (Wildman–Crippen LogP) is 3.93. The van der Waals surface area contributed by atoms with Crippen molar-refractivity contribution in [2.75, 3.05) is 17.7 Å². The molecule has 2 unspecified atom stereocenters. The highest BCUT2D eigenvalue weighted by atomic mass is 32.2. The minimum absolute atomic E-state index is 0.233. The summed E-state index contributed by atoms with van der Waals surface area (Å²) in [5.41, 5.74) is 0.915. The van der Waals surface area contributed by atoms with Gasteiger partial charge in [0, 0.05) is 17.0 Å². The summed E-state index contributed by atoms with van der Waals surface area (Å²) in [6.45, 7) is 0.923. The van der Waals surface area contributed by atoms with E-state index in [0.717, 1.165) is 17.9 Å². The molecule has 0 amide bonds. The number of nitrogens with one attached hydrogen (secondary N) is 1. The minimum Gasteiger partial charge on any atom is -0.484 e. The molecular weight excluding hydrogens is 275 g/mol. The number of benzene rings is 1. The van der Waals surface area contributed by atoms with Crippen molar-refractivity contribution < 1.29 is 17.9 Å². The number of hydrogen-bond acceptors (Lipinski definition) is 3. The maximum absolute atomic E-state index is 12.0. The Balaban J connectivity index is 1.87. The first-order valence-corrected chi connectivity index (χ1v) is 7.17. The van der Waals surface area contributed by atoms with Crippen LogP contribution in [0.5, 0.6) is 5.75 Å². The van der Waals surface area contributed by atoms with Crippen molar-refractivity contribution in [3.8, 4) is 5.75 Å². The van der Waals surface area contributed by atoms with Crippen LogP contribution in [-0.4, -0.2) is 29.8 Å². The van der Waals surface area contributed by atoms with Gasteiger partial charge in [0.2, 0.25) is 0 Å². The summed E-state index contributed by atoms with van der Waals surface area (Å²) < 4.78 is 40.6. The van der Waals surface area contributed by atoms with Crippen molar-refractivity contribution in [3.05, 3.63) is 24.3 Å². The Morgan fingerprint density at radius 2 is 2.00 bits per heavy atom. The van der Waals surface area contributed by atoms with Crippen LogP contribution in [0, 0.1) is 0 Å². The van der Waals surface area contributed by atoms with Gasteiger partial charge in [-0.15, -0.1) is 0 Å². The largest absolute Gasteiger partial charge is 0.484 e. The average molecular weight is 291 g/mol. The molecule has 0 saturated carbocycles. The summed E-state index contributed by atoms with van der Waals surface area (Å²) in [7, 11) is 0. The third-order valence-corrected chi connectivity index (χ3v) is 4.31. The van der Waals surface area contributed by atoms with E-state index in [-0.39, 0.29) is 5.75 Å². The summed E-state index contributed by atoms with van der Waals surface area (Å²) in [5, 5.41) is 3.95. The van der Waals surface area contributed by atoms with Crippen molar-refractivity contribution in [3.63, 3.8) is 0 Å². The van der Waals surface area contributed by atoms with Crippen LogP contribution in [-0.2, 0) is 0 Å². The highest BCUT2D eigenvalue weighted by molar-refractivity contribution is 8.00. The van der Waals surface area contributed by atoms with E-state index in [9.17, 15) is 13.2 Å². The van der Waals surface area contributed by atoms with Gasteiger partial charge in [-0.05, 0) is 36.4 Å². The first-order valence-electron chi connectivity index (χ1n) is 6.12. The van der Waals surface area contributed by atoms with Gasteiger partial charge in [0.15, 0.2) is 6.61 Å². The molecule has 1 aromatic carbocycles. The Morgan fingerprint density at radius 3 is 2.53 bits per heavy atom. The molecule has 2 atom stereocenters. The molecule has 1 heterocycles. The first-order chi connectivity index (χ1) is 8.94. The summed E-state index contributed by atoms with van der Waals surface area (Å²) in [5.74, 6) is 1.38. The van der Waals surface area contributed by atoms with Crippen LogP contribution in [0.4, 0.5) is 18.9 Å². The van der Waals surface area contributed by atoms with Gasteiger partial charge < -0.3 is 10.1 Å². The van der Waals surface area contributed by atoms with E-state index in [1.54, 1.807) is 24.3 Å². The molecule has 1 aliphatic rings. The zero-order chi connectivity index (χ0) is 13.9. The van der Waals surface area contributed by atoms with Gasteiger partial charge in [0.1, 0.15) is 5.75 Å². The number of hydrogen-bond donors (Lipinski definition) is 1. The maximum Gasteiger partial charge on any atom is 0.422 e. The Hall–Kier alpha value is -1.04. The molecule has 0 radical (unpaired) electrons. The van der Waals surface area contributed by atoms with Crippen molar-refractivity contribution in [2.45, 2.75) is 30.8 Å². The molecule has 6 heteroatoms. The lowest BCUT2D eigenvalue weighted by atomic mass is 10.1. The number of rotatable bonds is 4. The molecule has 19 heavy (non-hydrogen) atoms. The predicted molar refractivity (Wildman–Crippen MR) is 71.9 cm³/mol. The van der Waals surface area contributed by atoms with Gasteiger partial charge in [-0.2, -0.15) is 24.9 Å². The van der Waals surface area contributed by atoms with Crippen molar-refractivity contribution in [1.29, 1.82) is 0 Å². The number of anilines is 1. The highest BCUT2D eigenvalue weighted by Crippen LogP contribution is 2.29. The summed E-state index contributed by atoms with van der Waals surface area (Å²) in [6.07, 6.45) is -3.19. The Labute approximate surface area is 114 Å². The summed E-state index contributed by atoms with van der Waals surface area (Å²) >= 11 is 1.93. The quantitative estimate of drug-likeness (QED) is 0.908. The van der Waals surface area contributed by atoms with E-state index in [1.807, 2.05) is 11.8 Å². The maximum atomic E-state index is 12.0.